The zero-order valence-corrected chi connectivity index (χ0v) is 12.4. The summed E-state index contributed by atoms with van der Waals surface area (Å²) in [5.41, 5.74) is 0.365. The van der Waals surface area contributed by atoms with Crippen LogP contribution in [0, 0.1) is 11.7 Å². The van der Waals surface area contributed by atoms with Crippen LogP contribution in [0.2, 0.25) is 10.0 Å². The largest absolute Gasteiger partial charge is 0.374 e. The fraction of sp³-hybridized carbons (Fsp3) is 0.462. The summed E-state index contributed by atoms with van der Waals surface area (Å²) >= 11 is 11.7. The third kappa shape index (κ3) is 5.66. The van der Waals surface area contributed by atoms with E-state index in [9.17, 15) is 9.18 Å². The monoisotopic (exact) mass is 306 g/mol. The molecule has 0 saturated carbocycles. The Labute approximate surface area is 122 Å². The van der Waals surface area contributed by atoms with Gasteiger partial charge in [-0.3, -0.25) is 4.79 Å². The molecule has 0 spiro atoms. The summed E-state index contributed by atoms with van der Waals surface area (Å²) in [5.74, 6) is -0.131. The highest BCUT2D eigenvalue weighted by molar-refractivity contribution is 6.39. The minimum absolute atomic E-state index is 0.0448. The number of nitrogens with one attached hydrogen (secondary N) is 2. The van der Waals surface area contributed by atoms with Gasteiger partial charge in [0.2, 0.25) is 5.91 Å². The van der Waals surface area contributed by atoms with Crippen molar-refractivity contribution in [2.24, 2.45) is 5.92 Å². The molecule has 2 N–H and O–H groups in total. The number of amides is 1. The van der Waals surface area contributed by atoms with Crippen molar-refractivity contribution < 1.29 is 9.18 Å². The van der Waals surface area contributed by atoms with Crippen LogP contribution in [0.3, 0.4) is 0 Å². The Morgan fingerprint density at radius 1 is 1.32 bits per heavy atom. The molecule has 6 heteroatoms. The Hall–Kier alpha value is -1.00. The first-order valence-electron chi connectivity index (χ1n) is 6.05. The molecule has 0 unspecified atom stereocenters. The first kappa shape index (κ1) is 16.1. The molecule has 3 nitrogen and oxygen atoms in total. The lowest BCUT2D eigenvalue weighted by atomic mass is 10.1. The first-order valence-corrected chi connectivity index (χ1v) is 6.81. The Kier molecular flexibility index (Phi) is 6.38. The van der Waals surface area contributed by atoms with E-state index in [4.69, 9.17) is 23.2 Å². The van der Waals surface area contributed by atoms with Crippen molar-refractivity contribution in [1.29, 1.82) is 0 Å². The van der Waals surface area contributed by atoms with Gasteiger partial charge in [0.25, 0.3) is 0 Å². The fourth-order valence-electron chi connectivity index (χ4n) is 1.44. The van der Waals surface area contributed by atoms with Crippen LogP contribution >= 0.6 is 23.2 Å². The third-order valence-corrected chi connectivity index (χ3v) is 3.07. The molecule has 1 rings (SSSR count). The maximum absolute atomic E-state index is 13.0. The molecule has 0 aliphatic heterocycles. The topological polar surface area (TPSA) is 41.1 Å². The van der Waals surface area contributed by atoms with Gasteiger partial charge in [0.1, 0.15) is 5.82 Å². The second-order valence-corrected chi connectivity index (χ2v) is 5.44. The molecule has 19 heavy (non-hydrogen) atoms. The van der Waals surface area contributed by atoms with Crippen LogP contribution in [-0.2, 0) is 4.79 Å². The van der Waals surface area contributed by atoms with E-state index in [2.05, 4.69) is 24.5 Å². The van der Waals surface area contributed by atoms with Crippen molar-refractivity contribution in [1.82, 2.24) is 5.32 Å². The molecule has 0 aliphatic carbocycles. The van der Waals surface area contributed by atoms with Crippen LogP contribution in [0.25, 0.3) is 0 Å². The maximum Gasteiger partial charge on any atom is 0.239 e. The highest BCUT2D eigenvalue weighted by Gasteiger charge is 2.09. The SMILES string of the molecule is CC(C)CCNC(=O)CNc1c(Cl)cc(F)cc1Cl. The summed E-state index contributed by atoms with van der Waals surface area (Å²) in [6.07, 6.45) is 0.920. The molecular weight excluding hydrogens is 290 g/mol. The predicted octanol–water partition coefficient (Wildman–Crippen LogP) is 3.71. The van der Waals surface area contributed by atoms with E-state index in [1.807, 2.05) is 0 Å². The summed E-state index contributed by atoms with van der Waals surface area (Å²) in [5, 5.41) is 5.88. The van der Waals surface area contributed by atoms with Crippen molar-refractivity contribution in [3.05, 3.63) is 28.0 Å². The van der Waals surface area contributed by atoms with Gasteiger partial charge in [-0.2, -0.15) is 0 Å². The maximum atomic E-state index is 13.0. The smallest absolute Gasteiger partial charge is 0.239 e. The number of carbonyl (C=O) groups excluding carboxylic acids is 1. The number of halogens is 3. The first-order chi connectivity index (χ1) is 8.90. The van der Waals surface area contributed by atoms with Crippen LogP contribution in [0.1, 0.15) is 20.3 Å². The van der Waals surface area contributed by atoms with Crippen molar-refractivity contribution in [2.45, 2.75) is 20.3 Å². The van der Waals surface area contributed by atoms with Gasteiger partial charge < -0.3 is 10.6 Å². The van der Waals surface area contributed by atoms with E-state index in [1.165, 1.54) is 0 Å². The fourth-order valence-corrected chi connectivity index (χ4v) is 2.04. The molecule has 1 aromatic rings. The van der Waals surface area contributed by atoms with Gasteiger partial charge in [0.05, 0.1) is 22.3 Å². The predicted molar refractivity (Wildman–Crippen MR) is 77.4 cm³/mol. The molecule has 0 atom stereocenters. The molecular formula is C13H17Cl2FN2O. The number of benzene rings is 1. The summed E-state index contributed by atoms with van der Waals surface area (Å²) in [4.78, 5) is 11.6. The van der Waals surface area contributed by atoms with Crippen LogP contribution < -0.4 is 10.6 Å². The van der Waals surface area contributed by atoms with E-state index in [1.54, 1.807) is 0 Å². The van der Waals surface area contributed by atoms with Gasteiger partial charge in [-0.05, 0) is 24.5 Å². The Morgan fingerprint density at radius 3 is 2.42 bits per heavy atom. The quantitative estimate of drug-likeness (QED) is 0.841. The Bertz CT molecular complexity index is 429. The zero-order valence-electron chi connectivity index (χ0n) is 10.9. The summed E-state index contributed by atoms with van der Waals surface area (Å²) in [7, 11) is 0. The molecule has 1 aromatic carbocycles. The van der Waals surface area contributed by atoms with Crippen molar-refractivity contribution >= 4 is 34.8 Å². The standard InChI is InChI=1S/C13H17Cl2FN2O/c1-8(2)3-4-17-12(19)7-18-13-10(14)5-9(16)6-11(13)15/h5-6,8,18H,3-4,7H2,1-2H3,(H,17,19). The van der Waals surface area contributed by atoms with Crippen LogP contribution in [0.5, 0.6) is 0 Å². The molecule has 0 saturated heterocycles. The van der Waals surface area contributed by atoms with Gasteiger partial charge in [0.15, 0.2) is 0 Å². The van der Waals surface area contributed by atoms with Gasteiger partial charge in [-0.25, -0.2) is 4.39 Å². The number of hydrogen-bond acceptors (Lipinski definition) is 2. The lowest BCUT2D eigenvalue weighted by Gasteiger charge is -2.11. The lowest BCUT2D eigenvalue weighted by Crippen LogP contribution is -2.31. The normalized spacial score (nSPS) is 10.6. The Morgan fingerprint density at radius 2 is 1.89 bits per heavy atom. The average molecular weight is 307 g/mol. The van der Waals surface area contributed by atoms with E-state index in [0.29, 0.717) is 18.2 Å². The van der Waals surface area contributed by atoms with E-state index >= 15 is 0 Å². The zero-order chi connectivity index (χ0) is 14.4. The summed E-state index contributed by atoms with van der Waals surface area (Å²) in [6, 6.07) is 2.29. The van der Waals surface area contributed by atoms with Crippen molar-refractivity contribution in [3.63, 3.8) is 0 Å². The molecule has 0 bridgehead atoms. The highest BCUT2D eigenvalue weighted by atomic mass is 35.5. The second kappa shape index (κ2) is 7.56. The lowest BCUT2D eigenvalue weighted by molar-refractivity contribution is -0.119. The van der Waals surface area contributed by atoms with Gasteiger partial charge >= 0.3 is 0 Å². The van der Waals surface area contributed by atoms with E-state index < -0.39 is 5.82 Å². The molecule has 0 aliphatic rings. The molecule has 0 aromatic heterocycles. The highest BCUT2D eigenvalue weighted by Crippen LogP contribution is 2.30. The molecule has 1 amide bonds. The van der Waals surface area contributed by atoms with Crippen LogP contribution in [0.15, 0.2) is 12.1 Å². The molecule has 106 valence electrons. The van der Waals surface area contributed by atoms with Gasteiger partial charge in [0, 0.05) is 6.54 Å². The second-order valence-electron chi connectivity index (χ2n) is 4.63. The van der Waals surface area contributed by atoms with Crippen LogP contribution in [0.4, 0.5) is 10.1 Å². The minimum Gasteiger partial charge on any atom is -0.374 e. The van der Waals surface area contributed by atoms with E-state index in [0.717, 1.165) is 18.6 Å². The molecule has 0 fully saturated rings. The van der Waals surface area contributed by atoms with Crippen molar-refractivity contribution in [2.75, 3.05) is 18.4 Å². The van der Waals surface area contributed by atoms with E-state index in [-0.39, 0.29) is 22.5 Å². The average Bonchev–Trinajstić information content (AvgIpc) is 2.26. The Balaban J connectivity index is 2.46. The third-order valence-electron chi connectivity index (χ3n) is 2.48. The summed E-state index contributed by atoms with van der Waals surface area (Å²) < 4.78 is 13.0. The minimum atomic E-state index is -0.512. The molecule has 0 radical (unpaired) electrons. The summed E-state index contributed by atoms with van der Waals surface area (Å²) in [6.45, 7) is 4.84. The van der Waals surface area contributed by atoms with Crippen LogP contribution in [-0.4, -0.2) is 19.0 Å². The van der Waals surface area contributed by atoms with Gasteiger partial charge in [-0.15, -0.1) is 0 Å². The van der Waals surface area contributed by atoms with Gasteiger partial charge in [-0.1, -0.05) is 37.0 Å². The van der Waals surface area contributed by atoms with Crippen molar-refractivity contribution in [3.8, 4) is 0 Å². The number of anilines is 1. The number of hydrogen-bond donors (Lipinski definition) is 2. The number of rotatable bonds is 6. The molecule has 0 heterocycles. The number of carbonyl (C=O) groups is 1.